The number of carbonyl (C=O) groups excluding carboxylic acids is 1. The fraction of sp³-hybridized carbons (Fsp3) is 0.467. The van der Waals surface area contributed by atoms with Crippen molar-refractivity contribution in [2.24, 2.45) is 0 Å². The number of hydrogen-bond acceptors (Lipinski definition) is 7. The van der Waals surface area contributed by atoms with Gasteiger partial charge in [-0.3, -0.25) is 4.79 Å². The number of tetrazole rings is 1. The number of carbonyl (C=O) groups is 1. The lowest BCUT2D eigenvalue weighted by molar-refractivity contribution is -0.132. The number of aryl methyl sites for hydroxylation is 1. The Kier molecular flexibility index (Phi) is 3.68. The van der Waals surface area contributed by atoms with Gasteiger partial charge in [-0.1, -0.05) is 12.5 Å². The van der Waals surface area contributed by atoms with Gasteiger partial charge in [-0.2, -0.15) is 0 Å². The van der Waals surface area contributed by atoms with Gasteiger partial charge < -0.3 is 4.90 Å². The third-order valence-electron chi connectivity index (χ3n) is 4.40. The van der Waals surface area contributed by atoms with E-state index in [1.165, 1.54) is 0 Å². The van der Waals surface area contributed by atoms with Crippen molar-refractivity contribution < 1.29 is 9.42 Å². The first-order valence-electron chi connectivity index (χ1n) is 7.94. The van der Waals surface area contributed by atoms with Crippen LogP contribution in [-0.2, 0) is 17.9 Å². The van der Waals surface area contributed by atoms with Crippen LogP contribution in [0.5, 0.6) is 0 Å². The number of rotatable bonds is 3. The Bertz CT molecular complexity index is 871. The average Bonchev–Trinajstić information content (AvgIpc) is 3.19. The van der Waals surface area contributed by atoms with Crippen molar-refractivity contribution in [2.75, 3.05) is 7.05 Å². The zero-order chi connectivity index (χ0) is 16.5. The van der Waals surface area contributed by atoms with E-state index in [0.29, 0.717) is 23.4 Å². The van der Waals surface area contributed by atoms with Crippen molar-refractivity contribution in [3.63, 3.8) is 0 Å². The number of aromatic nitrogens is 6. The van der Waals surface area contributed by atoms with Gasteiger partial charge in [-0.15, -0.1) is 5.10 Å². The Morgan fingerprint density at radius 3 is 3.12 bits per heavy atom. The lowest BCUT2D eigenvalue weighted by Crippen LogP contribution is -2.32. The highest BCUT2D eigenvalue weighted by atomic mass is 16.6. The van der Waals surface area contributed by atoms with Crippen LogP contribution in [0.1, 0.15) is 36.6 Å². The average molecular weight is 327 g/mol. The van der Waals surface area contributed by atoms with Crippen molar-refractivity contribution in [1.29, 1.82) is 0 Å². The molecule has 0 spiro atoms. The third kappa shape index (κ3) is 2.61. The topological polar surface area (TPSA) is 103 Å². The van der Waals surface area contributed by atoms with E-state index in [1.807, 2.05) is 18.2 Å². The number of likely N-dealkylation sites (N-methyl/N-ethyl adjacent to an activating group) is 1. The van der Waals surface area contributed by atoms with Crippen LogP contribution in [0.15, 0.2) is 22.8 Å². The zero-order valence-corrected chi connectivity index (χ0v) is 13.3. The summed E-state index contributed by atoms with van der Waals surface area (Å²) in [7, 11) is 1.80. The molecule has 124 valence electrons. The van der Waals surface area contributed by atoms with Crippen LogP contribution in [0.4, 0.5) is 0 Å². The van der Waals surface area contributed by atoms with Crippen LogP contribution in [0.2, 0.25) is 0 Å². The van der Waals surface area contributed by atoms with E-state index in [0.717, 1.165) is 31.4 Å². The monoisotopic (exact) mass is 327 g/mol. The Morgan fingerprint density at radius 2 is 2.21 bits per heavy atom. The highest BCUT2D eigenvalue weighted by Gasteiger charge is 2.30. The predicted octanol–water partition coefficient (Wildman–Crippen LogP) is 1.14. The summed E-state index contributed by atoms with van der Waals surface area (Å²) in [4.78, 5) is 14.6. The first-order chi connectivity index (χ1) is 11.7. The van der Waals surface area contributed by atoms with E-state index in [9.17, 15) is 4.79 Å². The van der Waals surface area contributed by atoms with Gasteiger partial charge in [-0.25, -0.2) is 9.31 Å². The van der Waals surface area contributed by atoms with Gasteiger partial charge in [0, 0.05) is 20.1 Å². The maximum atomic E-state index is 12.9. The molecular weight excluding hydrogens is 310 g/mol. The maximum absolute atomic E-state index is 12.9. The van der Waals surface area contributed by atoms with Crippen LogP contribution in [0.25, 0.3) is 11.0 Å². The summed E-state index contributed by atoms with van der Waals surface area (Å²) in [5, 5.41) is 19.4. The van der Waals surface area contributed by atoms with Crippen LogP contribution < -0.4 is 0 Å². The summed E-state index contributed by atoms with van der Waals surface area (Å²) in [6, 6.07) is 5.64. The number of hydrogen-bond donors (Lipinski definition) is 0. The van der Waals surface area contributed by atoms with Crippen molar-refractivity contribution >= 4 is 16.9 Å². The molecule has 0 saturated carbocycles. The molecule has 24 heavy (non-hydrogen) atoms. The normalized spacial score (nSPS) is 17.5. The van der Waals surface area contributed by atoms with Crippen LogP contribution in [0.3, 0.4) is 0 Å². The summed E-state index contributed by atoms with van der Waals surface area (Å²) in [6.45, 7) is 1.26. The smallest absolute Gasteiger partial charge is 0.233 e. The van der Waals surface area contributed by atoms with E-state index in [2.05, 4.69) is 25.8 Å². The summed E-state index contributed by atoms with van der Waals surface area (Å²) in [6.07, 6.45) is 2.74. The summed E-state index contributed by atoms with van der Waals surface area (Å²) in [5.41, 5.74) is 2.37. The molecule has 0 aliphatic carbocycles. The molecule has 3 aromatic rings. The van der Waals surface area contributed by atoms with Crippen molar-refractivity contribution in [1.82, 2.24) is 35.4 Å². The molecule has 1 atom stereocenters. The van der Waals surface area contributed by atoms with Crippen LogP contribution in [-0.4, -0.2) is 48.4 Å². The van der Waals surface area contributed by atoms with Gasteiger partial charge >= 0.3 is 0 Å². The molecule has 2 aromatic heterocycles. The number of amides is 1. The second-order valence-corrected chi connectivity index (χ2v) is 6.09. The third-order valence-corrected chi connectivity index (χ3v) is 4.40. The van der Waals surface area contributed by atoms with Crippen molar-refractivity contribution in [2.45, 2.75) is 38.3 Å². The Morgan fingerprint density at radius 1 is 1.33 bits per heavy atom. The molecule has 3 heterocycles. The second kappa shape index (κ2) is 5.99. The minimum Gasteiger partial charge on any atom is -0.341 e. The van der Waals surface area contributed by atoms with Crippen molar-refractivity contribution in [3.8, 4) is 0 Å². The number of benzene rings is 1. The quantitative estimate of drug-likeness (QED) is 0.710. The molecule has 1 aromatic carbocycles. The molecule has 0 fully saturated rings. The first kappa shape index (κ1) is 14.7. The van der Waals surface area contributed by atoms with Crippen LogP contribution >= 0.6 is 0 Å². The van der Waals surface area contributed by atoms with E-state index < -0.39 is 0 Å². The highest BCUT2D eigenvalue weighted by molar-refractivity contribution is 5.83. The largest absolute Gasteiger partial charge is 0.341 e. The molecule has 0 radical (unpaired) electrons. The molecular formula is C15H17N7O2. The molecule has 0 bridgehead atoms. The lowest BCUT2D eigenvalue weighted by atomic mass is 10.0. The summed E-state index contributed by atoms with van der Waals surface area (Å²) >= 11 is 0. The van der Waals surface area contributed by atoms with Gasteiger partial charge in [-0.05, 0) is 51.3 Å². The first-order valence-corrected chi connectivity index (χ1v) is 7.94. The van der Waals surface area contributed by atoms with Gasteiger partial charge in [0.15, 0.2) is 5.82 Å². The molecule has 0 N–H and O–H groups in total. The number of nitrogens with zero attached hydrogens (tertiary/aromatic N) is 7. The van der Waals surface area contributed by atoms with E-state index in [1.54, 1.807) is 16.6 Å². The minimum absolute atomic E-state index is 0.0336. The summed E-state index contributed by atoms with van der Waals surface area (Å²) < 4.78 is 6.45. The van der Waals surface area contributed by atoms with E-state index in [-0.39, 0.29) is 11.8 Å². The van der Waals surface area contributed by atoms with E-state index in [4.69, 9.17) is 4.63 Å². The lowest BCUT2D eigenvalue weighted by Gasteiger charge is -2.22. The molecule has 1 aliphatic rings. The van der Waals surface area contributed by atoms with Crippen LogP contribution in [0, 0.1) is 0 Å². The van der Waals surface area contributed by atoms with Gasteiger partial charge in [0.1, 0.15) is 11.0 Å². The highest BCUT2D eigenvalue weighted by Crippen LogP contribution is 2.26. The molecule has 1 amide bonds. The Labute approximate surface area is 137 Å². The Hall–Kier alpha value is -2.84. The SMILES string of the molecule is CN(Cc1ccc2nonc2c1)C(=O)[C@H]1CCCCn2nnnc21. The summed E-state index contributed by atoms with van der Waals surface area (Å²) in [5.74, 6) is 0.414. The molecule has 9 heteroatoms. The number of fused-ring (bicyclic) bond motifs is 2. The molecule has 0 unspecified atom stereocenters. The predicted molar refractivity (Wildman–Crippen MR) is 82.7 cm³/mol. The van der Waals surface area contributed by atoms with Gasteiger partial charge in [0.05, 0.1) is 5.92 Å². The van der Waals surface area contributed by atoms with E-state index >= 15 is 0 Å². The van der Waals surface area contributed by atoms with Gasteiger partial charge in [0.2, 0.25) is 5.91 Å². The molecule has 0 saturated heterocycles. The maximum Gasteiger partial charge on any atom is 0.233 e. The Balaban J connectivity index is 1.53. The molecule has 4 rings (SSSR count). The minimum atomic E-state index is -0.287. The van der Waals surface area contributed by atoms with Gasteiger partial charge in [0.25, 0.3) is 0 Å². The molecule has 9 nitrogen and oxygen atoms in total. The fourth-order valence-electron chi connectivity index (χ4n) is 3.14. The van der Waals surface area contributed by atoms with Crippen molar-refractivity contribution in [3.05, 3.63) is 29.6 Å². The molecule has 1 aliphatic heterocycles. The fourth-order valence-corrected chi connectivity index (χ4v) is 3.14. The zero-order valence-electron chi connectivity index (χ0n) is 13.3. The standard InChI is InChI=1S/C15H17N7O2/c1-21(9-10-5-6-12-13(8-10)18-24-17-12)15(23)11-4-2-3-7-22-14(11)16-19-20-22/h5-6,8,11H,2-4,7,9H2,1H3/t11-/m0/s1. The second-order valence-electron chi connectivity index (χ2n) is 6.09.